The summed E-state index contributed by atoms with van der Waals surface area (Å²) in [6.07, 6.45) is 1.52. The van der Waals surface area contributed by atoms with E-state index in [4.69, 9.17) is 14.6 Å². The van der Waals surface area contributed by atoms with E-state index in [2.05, 4.69) is 10.3 Å². The van der Waals surface area contributed by atoms with E-state index in [1.807, 2.05) is 30.3 Å². The van der Waals surface area contributed by atoms with Gasteiger partial charge >= 0.3 is 12.0 Å². The molecule has 1 aromatic heterocycles. The van der Waals surface area contributed by atoms with E-state index in [-0.39, 0.29) is 19.0 Å². The molecule has 2 rings (SSSR count). The van der Waals surface area contributed by atoms with Gasteiger partial charge in [0.25, 0.3) is 0 Å². The maximum atomic E-state index is 11.9. The summed E-state index contributed by atoms with van der Waals surface area (Å²) in [5.41, 5.74) is 0.808. The number of aromatic nitrogens is 1. The number of ether oxygens (including phenoxy) is 2. The van der Waals surface area contributed by atoms with Crippen LogP contribution >= 0.6 is 0 Å². The van der Waals surface area contributed by atoms with Gasteiger partial charge < -0.3 is 24.8 Å². The Hall–Kier alpha value is -3.29. The molecule has 0 spiro atoms. The number of benzene rings is 1. The third-order valence-electron chi connectivity index (χ3n) is 3.59. The zero-order valence-corrected chi connectivity index (χ0v) is 15.1. The second kappa shape index (κ2) is 10.6. The lowest BCUT2D eigenvalue weighted by atomic mass is 10.3. The lowest BCUT2D eigenvalue weighted by Gasteiger charge is -2.16. The number of nitrogens with zero attached hydrogens (tertiary/aromatic N) is 2. The molecule has 0 fully saturated rings. The molecule has 2 aromatic rings. The van der Waals surface area contributed by atoms with Gasteiger partial charge in [-0.1, -0.05) is 24.3 Å². The molecule has 2 amide bonds. The molecule has 1 heterocycles. The minimum atomic E-state index is -0.941. The van der Waals surface area contributed by atoms with E-state index >= 15 is 0 Å². The van der Waals surface area contributed by atoms with E-state index in [0.29, 0.717) is 25.6 Å². The quantitative estimate of drug-likeness (QED) is 0.619. The molecule has 0 saturated carbocycles. The van der Waals surface area contributed by atoms with Crippen molar-refractivity contribution in [1.29, 1.82) is 0 Å². The molecule has 27 heavy (non-hydrogen) atoms. The highest BCUT2D eigenvalue weighted by atomic mass is 16.5. The van der Waals surface area contributed by atoms with Gasteiger partial charge in [-0.25, -0.2) is 9.78 Å². The molecule has 0 aliphatic heterocycles. The first-order chi connectivity index (χ1) is 13.0. The fourth-order valence-electron chi connectivity index (χ4n) is 2.10. The Labute approximate surface area is 157 Å². The Kier molecular flexibility index (Phi) is 7.90. The zero-order chi connectivity index (χ0) is 19.5. The first-order valence-corrected chi connectivity index (χ1v) is 8.51. The van der Waals surface area contributed by atoms with E-state index in [9.17, 15) is 9.59 Å². The number of para-hydroxylation sites is 1. The second-order valence-electron chi connectivity index (χ2n) is 5.74. The van der Waals surface area contributed by atoms with Gasteiger partial charge in [-0.15, -0.1) is 0 Å². The lowest BCUT2D eigenvalue weighted by Crippen LogP contribution is -2.38. The second-order valence-corrected chi connectivity index (χ2v) is 5.74. The van der Waals surface area contributed by atoms with Crippen LogP contribution in [0.3, 0.4) is 0 Å². The Morgan fingerprint density at radius 1 is 1.11 bits per heavy atom. The van der Waals surface area contributed by atoms with Crippen LogP contribution in [0.4, 0.5) is 4.79 Å². The van der Waals surface area contributed by atoms with Crippen LogP contribution in [0.25, 0.3) is 0 Å². The molecule has 8 heteroatoms. The number of urea groups is 1. The Morgan fingerprint density at radius 2 is 1.85 bits per heavy atom. The van der Waals surface area contributed by atoms with Crippen LogP contribution in [0.1, 0.15) is 12.0 Å². The number of rotatable bonds is 10. The smallest absolute Gasteiger partial charge is 0.317 e. The molecule has 0 radical (unpaired) electrons. The third kappa shape index (κ3) is 7.64. The number of pyridine rings is 1. The number of hydrogen-bond acceptors (Lipinski definition) is 5. The van der Waals surface area contributed by atoms with Crippen LogP contribution in [0, 0.1) is 0 Å². The van der Waals surface area contributed by atoms with Crippen LogP contribution in [-0.2, 0) is 11.3 Å². The Morgan fingerprint density at radius 3 is 2.52 bits per heavy atom. The SMILES string of the molecule is CN(CCC(=O)O)C(=O)NCc1ccc(OCCOc2ccccc2)nc1. The van der Waals surface area contributed by atoms with Crippen molar-refractivity contribution < 1.29 is 24.2 Å². The van der Waals surface area contributed by atoms with E-state index in [0.717, 1.165) is 11.3 Å². The zero-order valence-electron chi connectivity index (χ0n) is 15.1. The first-order valence-electron chi connectivity index (χ1n) is 8.51. The minimum absolute atomic E-state index is 0.0918. The highest BCUT2D eigenvalue weighted by Gasteiger charge is 2.09. The van der Waals surface area contributed by atoms with Crippen LogP contribution in [0.5, 0.6) is 11.6 Å². The summed E-state index contributed by atoms with van der Waals surface area (Å²) in [5, 5.41) is 11.3. The highest BCUT2D eigenvalue weighted by molar-refractivity contribution is 5.74. The average Bonchev–Trinajstić information content (AvgIpc) is 2.69. The molecule has 1 aromatic carbocycles. The normalized spacial score (nSPS) is 10.1. The number of carbonyl (C=O) groups excluding carboxylic acids is 1. The molecule has 2 N–H and O–H groups in total. The summed E-state index contributed by atoms with van der Waals surface area (Å²) in [6.45, 7) is 1.22. The van der Waals surface area contributed by atoms with E-state index in [1.165, 1.54) is 4.90 Å². The fourth-order valence-corrected chi connectivity index (χ4v) is 2.10. The number of aliphatic carboxylic acids is 1. The molecule has 0 atom stereocenters. The number of carboxylic acids is 1. The third-order valence-corrected chi connectivity index (χ3v) is 3.59. The van der Waals surface area contributed by atoms with Crippen molar-refractivity contribution in [2.45, 2.75) is 13.0 Å². The van der Waals surface area contributed by atoms with Gasteiger partial charge in [0, 0.05) is 32.4 Å². The van der Waals surface area contributed by atoms with E-state index < -0.39 is 5.97 Å². The van der Waals surface area contributed by atoms with Crippen molar-refractivity contribution >= 4 is 12.0 Å². The monoisotopic (exact) mass is 373 g/mol. The average molecular weight is 373 g/mol. The summed E-state index contributed by atoms with van der Waals surface area (Å²) in [7, 11) is 1.55. The molecule has 0 bridgehead atoms. The minimum Gasteiger partial charge on any atom is -0.490 e. The summed E-state index contributed by atoms with van der Waals surface area (Å²) >= 11 is 0. The molecular weight excluding hydrogens is 350 g/mol. The van der Waals surface area contributed by atoms with Gasteiger partial charge in [0.05, 0.1) is 6.42 Å². The van der Waals surface area contributed by atoms with Gasteiger partial charge in [-0.3, -0.25) is 4.79 Å². The van der Waals surface area contributed by atoms with Gasteiger partial charge in [0.1, 0.15) is 19.0 Å². The maximum absolute atomic E-state index is 11.9. The fraction of sp³-hybridized carbons (Fsp3) is 0.316. The van der Waals surface area contributed by atoms with Gasteiger partial charge in [-0.05, 0) is 17.7 Å². The van der Waals surface area contributed by atoms with Crippen molar-refractivity contribution in [3.8, 4) is 11.6 Å². The predicted molar refractivity (Wildman–Crippen MR) is 98.8 cm³/mol. The van der Waals surface area contributed by atoms with E-state index in [1.54, 1.807) is 25.4 Å². The molecule has 0 aliphatic rings. The van der Waals surface area contributed by atoms with Crippen LogP contribution in [0.15, 0.2) is 48.7 Å². The van der Waals surface area contributed by atoms with Crippen LogP contribution < -0.4 is 14.8 Å². The lowest BCUT2D eigenvalue weighted by molar-refractivity contribution is -0.137. The Bertz CT molecular complexity index is 722. The predicted octanol–water partition coefficient (Wildman–Crippen LogP) is 2.16. The molecule has 144 valence electrons. The summed E-state index contributed by atoms with van der Waals surface area (Å²) in [6, 6.07) is 12.7. The topological polar surface area (TPSA) is 101 Å². The standard InChI is InChI=1S/C19H23N3O5/c1-22(10-9-18(23)24)19(25)21-14-15-7-8-17(20-13-15)27-12-11-26-16-5-3-2-4-6-16/h2-8,13H,9-12,14H2,1H3,(H,21,25)(H,23,24). The summed E-state index contributed by atoms with van der Waals surface area (Å²) < 4.78 is 11.0. The molecule has 0 saturated heterocycles. The number of hydrogen-bond donors (Lipinski definition) is 2. The van der Waals surface area contributed by atoms with Crippen molar-refractivity contribution in [2.24, 2.45) is 0 Å². The first kappa shape index (κ1) is 20.0. The van der Waals surface area contributed by atoms with Crippen molar-refractivity contribution in [3.63, 3.8) is 0 Å². The van der Waals surface area contributed by atoms with Crippen LogP contribution in [-0.4, -0.2) is 53.8 Å². The van der Waals surface area contributed by atoms with Gasteiger partial charge in [0.2, 0.25) is 5.88 Å². The van der Waals surface area contributed by atoms with Gasteiger partial charge in [0.15, 0.2) is 0 Å². The molecule has 0 aliphatic carbocycles. The summed E-state index contributed by atoms with van der Waals surface area (Å²) in [5.74, 6) is 0.317. The molecule has 8 nitrogen and oxygen atoms in total. The van der Waals surface area contributed by atoms with Crippen molar-refractivity contribution in [3.05, 3.63) is 54.2 Å². The number of nitrogens with one attached hydrogen (secondary N) is 1. The van der Waals surface area contributed by atoms with Crippen molar-refractivity contribution in [2.75, 3.05) is 26.8 Å². The van der Waals surface area contributed by atoms with Gasteiger partial charge in [-0.2, -0.15) is 0 Å². The summed E-state index contributed by atoms with van der Waals surface area (Å²) in [4.78, 5) is 27.9. The number of amides is 2. The molecular formula is C19H23N3O5. The maximum Gasteiger partial charge on any atom is 0.317 e. The molecule has 0 unspecified atom stereocenters. The number of carboxylic acid groups (broad SMARTS) is 1. The highest BCUT2D eigenvalue weighted by Crippen LogP contribution is 2.10. The number of carbonyl (C=O) groups is 2. The van der Waals surface area contributed by atoms with Crippen LogP contribution in [0.2, 0.25) is 0 Å². The largest absolute Gasteiger partial charge is 0.490 e. The Balaban J connectivity index is 1.67. The van der Waals surface area contributed by atoms with Crippen molar-refractivity contribution in [1.82, 2.24) is 15.2 Å².